The van der Waals surface area contributed by atoms with E-state index in [4.69, 9.17) is 21.1 Å². The number of hydrogen-bond donors (Lipinski definition) is 0. The summed E-state index contributed by atoms with van der Waals surface area (Å²) in [6.45, 7) is 0.434. The molecule has 3 aromatic carbocycles. The zero-order valence-electron chi connectivity index (χ0n) is 12.8. The molecule has 3 aromatic rings. The Balaban J connectivity index is 1.61. The molecule has 0 fully saturated rings. The van der Waals surface area contributed by atoms with Crippen LogP contribution in [0.5, 0.6) is 11.5 Å². The van der Waals surface area contributed by atoms with Gasteiger partial charge in [0.15, 0.2) is 0 Å². The van der Waals surface area contributed by atoms with Crippen molar-refractivity contribution in [3.63, 3.8) is 0 Å². The van der Waals surface area contributed by atoms with Crippen molar-refractivity contribution >= 4 is 17.6 Å². The molecule has 0 saturated heterocycles. The van der Waals surface area contributed by atoms with Gasteiger partial charge in [0.05, 0.1) is 10.6 Å². The van der Waals surface area contributed by atoms with E-state index in [0.29, 0.717) is 22.9 Å². The smallest absolute Gasteiger partial charge is 0.343 e. The highest BCUT2D eigenvalue weighted by Crippen LogP contribution is 2.24. The van der Waals surface area contributed by atoms with Crippen LogP contribution in [0.15, 0.2) is 78.9 Å². The van der Waals surface area contributed by atoms with Crippen LogP contribution in [0, 0.1) is 0 Å². The Bertz CT molecular complexity index is 814. The van der Waals surface area contributed by atoms with Gasteiger partial charge in [0, 0.05) is 0 Å². The van der Waals surface area contributed by atoms with Crippen molar-refractivity contribution in [2.45, 2.75) is 6.61 Å². The fourth-order valence-corrected chi connectivity index (χ4v) is 2.28. The molecule has 0 aliphatic heterocycles. The van der Waals surface area contributed by atoms with Gasteiger partial charge in [-0.2, -0.15) is 0 Å². The molecule has 0 spiro atoms. The second-order valence-corrected chi connectivity index (χ2v) is 5.53. The molecule has 0 aliphatic rings. The van der Waals surface area contributed by atoms with Crippen LogP contribution in [0.3, 0.4) is 0 Å². The molecule has 120 valence electrons. The van der Waals surface area contributed by atoms with Crippen LogP contribution in [-0.2, 0) is 6.61 Å². The van der Waals surface area contributed by atoms with Crippen LogP contribution in [-0.4, -0.2) is 5.97 Å². The average molecular weight is 339 g/mol. The second-order valence-electron chi connectivity index (χ2n) is 5.12. The molecule has 4 heteroatoms. The van der Waals surface area contributed by atoms with E-state index in [-0.39, 0.29) is 0 Å². The lowest BCUT2D eigenvalue weighted by molar-refractivity contribution is 0.0735. The molecule has 0 heterocycles. The maximum atomic E-state index is 12.1. The van der Waals surface area contributed by atoms with Gasteiger partial charge in [0.25, 0.3) is 0 Å². The summed E-state index contributed by atoms with van der Waals surface area (Å²) in [6.07, 6.45) is 0. The van der Waals surface area contributed by atoms with Crippen molar-refractivity contribution in [3.8, 4) is 11.5 Å². The molecule has 0 atom stereocenters. The van der Waals surface area contributed by atoms with Gasteiger partial charge < -0.3 is 9.47 Å². The van der Waals surface area contributed by atoms with Crippen LogP contribution in [0.1, 0.15) is 15.9 Å². The van der Waals surface area contributed by atoms with Crippen molar-refractivity contribution < 1.29 is 14.3 Å². The summed E-state index contributed by atoms with van der Waals surface area (Å²) in [5, 5.41) is 0.402. The van der Waals surface area contributed by atoms with E-state index < -0.39 is 5.97 Å². The average Bonchev–Trinajstić information content (AvgIpc) is 2.63. The predicted molar refractivity (Wildman–Crippen MR) is 93.6 cm³/mol. The van der Waals surface area contributed by atoms with Gasteiger partial charge in [0.2, 0.25) is 0 Å². The highest BCUT2D eigenvalue weighted by Gasteiger charge is 2.10. The minimum atomic E-state index is -0.446. The Morgan fingerprint density at radius 1 is 0.833 bits per heavy atom. The van der Waals surface area contributed by atoms with E-state index in [1.54, 1.807) is 36.4 Å². The highest BCUT2D eigenvalue weighted by atomic mass is 35.5. The first-order valence-electron chi connectivity index (χ1n) is 7.46. The molecule has 3 nitrogen and oxygen atoms in total. The van der Waals surface area contributed by atoms with Crippen LogP contribution >= 0.6 is 11.6 Å². The van der Waals surface area contributed by atoms with Crippen LogP contribution in [0.4, 0.5) is 0 Å². The third-order valence-electron chi connectivity index (χ3n) is 3.38. The van der Waals surface area contributed by atoms with Crippen molar-refractivity contribution in [1.82, 2.24) is 0 Å². The van der Waals surface area contributed by atoms with Crippen molar-refractivity contribution in [2.24, 2.45) is 0 Å². The molecule has 0 aliphatic carbocycles. The number of carbonyl (C=O) groups excluding carboxylic acids is 1. The fourth-order valence-electron chi connectivity index (χ4n) is 2.11. The molecule has 0 amide bonds. The first-order chi connectivity index (χ1) is 11.7. The summed E-state index contributed by atoms with van der Waals surface area (Å²) in [5.41, 5.74) is 1.42. The van der Waals surface area contributed by atoms with Crippen LogP contribution < -0.4 is 9.47 Å². The van der Waals surface area contributed by atoms with Crippen molar-refractivity contribution in [2.75, 3.05) is 0 Å². The summed E-state index contributed by atoms with van der Waals surface area (Å²) in [4.78, 5) is 12.1. The Labute approximate surface area is 145 Å². The van der Waals surface area contributed by atoms with Crippen LogP contribution in [0.2, 0.25) is 5.02 Å². The summed E-state index contributed by atoms with van der Waals surface area (Å²) in [5.74, 6) is 0.707. The van der Waals surface area contributed by atoms with Gasteiger partial charge in [-0.1, -0.05) is 54.1 Å². The zero-order chi connectivity index (χ0) is 16.8. The van der Waals surface area contributed by atoms with E-state index in [0.717, 1.165) is 11.3 Å². The summed E-state index contributed by atoms with van der Waals surface area (Å²) >= 11 is 5.99. The third kappa shape index (κ3) is 4.15. The molecular formula is C20H15ClO3. The van der Waals surface area contributed by atoms with Crippen molar-refractivity contribution in [3.05, 3.63) is 95.0 Å². The number of rotatable bonds is 5. The lowest BCUT2D eigenvalue weighted by Gasteiger charge is -2.08. The van der Waals surface area contributed by atoms with E-state index in [1.807, 2.05) is 42.5 Å². The topological polar surface area (TPSA) is 35.5 Å². The maximum Gasteiger partial charge on any atom is 0.343 e. The highest BCUT2D eigenvalue weighted by molar-refractivity contribution is 6.32. The quantitative estimate of drug-likeness (QED) is 0.477. The maximum absolute atomic E-state index is 12.1. The SMILES string of the molecule is O=C(Oc1ccccc1Cl)c1ccc(COc2ccccc2)cc1. The molecular weight excluding hydrogens is 324 g/mol. The standard InChI is InChI=1S/C20H15ClO3/c21-18-8-4-5-9-19(18)24-20(22)16-12-10-15(11-13-16)14-23-17-6-2-1-3-7-17/h1-13H,14H2. The number of ether oxygens (including phenoxy) is 2. The lowest BCUT2D eigenvalue weighted by Crippen LogP contribution is -2.09. The number of para-hydroxylation sites is 2. The lowest BCUT2D eigenvalue weighted by atomic mass is 10.1. The number of benzene rings is 3. The van der Waals surface area contributed by atoms with Gasteiger partial charge in [0.1, 0.15) is 18.1 Å². The minimum Gasteiger partial charge on any atom is -0.489 e. The largest absolute Gasteiger partial charge is 0.489 e. The van der Waals surface area contributed by atoms with Gasteiger partial charge >= 0.3 is 5.97 Å². The zero-order valence-corrected chi connectivity index (χ0v) is 13.6. The number of carbonyl (C=O) groups is 1. The molecule has 0 bridgehead atoms. The summed E-state index contributed by atoms with van der Waals surface area (Å²) < 4.78 is 11.0. The van der Waals surface area contributed by atoms with E-state index in [2.05, 4.69) is 0 Å². The first-order valence-corrected chi connectivity index (χ1v) is 7.84. The Hall–Kier alpha value is -2.78. The second kappa shape index (κ2) is 7.66. The number of halogens is 1. The van der Waals surface area contributed by atoms with E-state index >= 15 is 0 Å². The molecule has 0 radical (unpaired) electrons. The third-order valence-corrected chi connectivity index (χ3v) is 3.69. The van der Waals surface area contributed by atoms with E-state index in [1.165, 1.54) is 0 Å². The molecule has 0 N–H and O–H groups in total. The normalized spacial score (nSPS) is 10.2. The van der Waals surface area contributed by atoms with Gasteiger partial charge in [-0.25, -0.2) is 4.79 Å². The summed E-state index contributed by atoms with van der Waals surface area (Å²) in [7, 11) is 0. The number of esters is 1. The predicted octanol–water partition coefficient (Wildman–Crippen LogP) is 5.14. The fraction of sp³-hybridized carbons (Fsp3) is 0.0500. The minimum absolute atomic E-state index is 0.348. The van der Waals surface area contributed by atoms with Crippen LogP contribution in [0.25, 0.3) is 0 Å². The Morgan fingerprint density at radius 3 is 2.21 bits per heavy atom. The Kier molecular flexibility index (Phi) is 5.14. The van der Waals surface area contributed by atoms with E-state index in [9.17, 15) is 4.79 Å². The van der Waals surface area contributed by atoms with Crippen molar-refractivity contribution in [1.29, 1.82) is 0 Å². The number of hydrogen-bond acceptors (Lipinski definition) is 3. The Morgan fingerprint density at radius 2 is 1.50 bits per heavy atom. The molecule has 0 saturated carbocycles. The van der Waals surface area contributed by atoms with Gasteiger partial charge in [-0.3, -0.25) is 0 Å². The first kappa shape index (κ1) is 16.1. The van der Waals surface area contributed by atoms with Gasteiger partial charge in [-0.15, -0.1) is 0 Å². The molecule has 24 heavy (non-hydrogen) atoms. The van der Waals surface area contributed by atoms with Gasteiger partial charge in [-0.05, 0) is 42.0 Å². The summed E-state index contributed by atoms with van der Waals surface area (Å²) in [6, 6.07) is 23.5. The molecule has 3 rings (SSSR count). The molecule has 0 aromatic heterocycles. The monoisotopic (exact) mass is 338 g/mol. The molecule has 0 unspecified atom stereocenters.